The standard InChI is InChI=1S/C23H28F3N5O2/c1-3-17(4-2)15-30(13-11-18-6-5-12-27-14-18)22(32)31-16-21(28-29-31)19-7-9-20(10-8-19)33-23(24,25)26/h5-10,12,14,16-17,28-29H,3-4,11,13,15H2,1-2H3. The molecule has 2 heterocycles. The highest BCUT2D eigenvalue weighted by molar-refractivity contribution is 5.79. The normalized spacial score (nSPS) is 13.6. The third-order valence-corrected chi connectivity index (χ3v) is 5.47. The van der Waals surface area contributed by atoms with E-state index in [0.717, 1.165) is 18.4 Å². The van der Waals surface area contributed by atoms with Gasteiger partial charge < -0.3 is 15.1 Å². The lowest BCUT2D eigenvalue weighted by Crippen LogP contribution is -2.49. The molecule has 0 fully saturated rings. The Bertz CT molecular complexity index is 931. The molecule has 3 rings (SSSR count). The van der Waals surface area contributed by atoms with Crippen molar-refractivity contribution in [2.45, 2.75) is 39.5 Å². The Balaban J connectivity index is 1.70. The third-order valence-electron chi connectivity index (χ3n) is 5.47. The lowest BCUT2D eigenvalue weighted by molar-refractivity contribution is -0.274. The van der Waals surface area contributed by atoms with Crippen LogP contribution in [0.25, 0.3) is 5.70 Å². The molecule has 1 aromatic carbocycles. The number of ether oxygens (including phenoxy) is 1. The first-order valence-electron chi connectivity index (χ1n) is 10.9. The van der Waals surface area contributed by atoms with Crippen molar-refractivity contribution in [1.29, 1.82) is 0 Å². The van der Waals surface area contributed by atoms with Gasteiger partial charge >= 0.3 is 12.4 Å². The number of amides is 2. The third kappa shape index (κ3) is 7.11. The van der Waals surface area contributed by atoms with E-state index >= 15 is 0 Å². The molecule has 2 N–H and O–H groups in total. The van der Waals surface area contributed by atoms with E-state index < -0.39 is 6.36 Å². The van der Waals surface area contributed by atoms with Crippen LogP contribution in [0.4, 0.5) is 18.0 Å². The van der Waals surface area contributed by atoms with Crippen molar-refractivity contribution in [2.75, 3.05) is 13.1 Å². The molecular weight excluding hydrogens is 435 g/mol. The first-order chi connectivity index (χ1) is 15.8. The first-order valence-corrected chi connectivity index (χ1v) is 10.9. The van der Waals surface area contributed by atoms with Crippen molar-refractivity contribution < 1.29 is 22.7 Å². The van der Waals surface area contributed by atoms with Crippen LogP contribution >= 0.6 is 0 Å². The number of halogens is 3. The van der Waals surface area contributed by atoms with Crippen LogP contribution in [-0.4, -0.2) is 40.4 Å². The molecule has 0 radical (unpaired) electrons. The quantitative estimate of drug-likeness (QED) is 0.564. The van der Waals surface area contributed by atoms with Crippen molar-refractivity contribution in [3.63, 3.8) is 0 Å². The van der Waals surface area contributed by atoms with Crippen molar-refractivity contribution in [3.8, 4) is 5.75 Å². The Hall–Kier alpha value is -3.27. The smallest absolute Gasteiger partial charge is 0.406 e. The van der Waals surface area contributed by atoms with Gasteiger partial charge in [0.2, 0.25) is 0 Å². The second kappa shape index (κ2) is 11.0. The predicted molar refractivity (Wildman–Crippen MR) is 118 cm³/mol. The number of urea groups is 1. The molecule has 0 atom stereocenters. The Morgan fingerprint density at radius 1 is 1.18 bits per heavy atom. The number of carbonyl (C=O) groups is 1. The van der Waals surface area contributed by atoms with Crippen LogP contribution in [0, 0.1) is 5.92 Å². The highest BCUT2D eigenvalue weighted by Gasteiger charge is 2.31. The van der Waals surface area contributed by atoms with E-state index in [4.69, 9.17) is 0 Å². The van der Waals surface area contributed by atoms with Crippen molar-refractivity contribution in [1.82, 2.24) is 25.9 Å². The van der Waals surface area contributed by atoms with E-state index in [1.165, 1.54) is 29.3 Å². The van der Waals surface area contributed by atoms with Gasteiger partial charge in [-0.25, -0.2) is 9.80 Å². The van der Waals surface area contributed by atoms with Crippen LogP contribution in [0.2, 0.25) is 0 Å². The molecule has 0 unspecified atom stereocenters. The molecule has 2 amide bonds. The second-order valence-electron chi connectivity index (χ2n) is 7.74. The number of carbonyl (C=O) groups excluding carboxylic acids is 1. The van der Waals surface area contributed by atoms with Crippen LogP contribution in [-0.2, 0) is 6.42 Å². The SMILES string of the molecule is CCC(CC)CN(CCc1cccnc1)C(=O)N1C=C(c2ccc(OC(F)(F)F)cc2)NN1. The Morgan fingerprint density at radius 2 is 1.91 bits per heavy atom. The summed E-state index contributed by atoms with van der Waals surface area (Å²) in [6, 6.07) is 9.05. The van der Waals surface area contributed by atoms with Crippen molar-refractivity contribution in [3.05, 3.63) is 66.1 Å². The molecule has 1 aliphatic heterocycles. The summed E-state index contributed by atoms with van der Waals surface area (Å²) in [5.74, 6) is 0.0699. The monoisotopic (exact) mass is 463 g/mol. The Labute approximate surface area is 191 Å². The van der Waals surface area contributed by atoms with Crippen LogP contribution < -0.4 is 15.7 Å². The molecule has 10 heteroatoms. The average molecular weight is 464 g/mol. The van der Waals surface area contributed by atoms with Crippen LogP contribution in [0.15, 0.2) is 55.0 Å². The molecule has 1 aromatic heterocycles. The highest BCUT2D eigenvalue weighted by atomic mass is 19.4. The molecule has 0 bridgehead atoms. The van der Waals surface area contributed by atoms with Gasteiger partial charge in [0.25, 0.3) is 0 Å². The Kier molecular flexibility index (Phi) is 8.16. The summed E-state index contributed by atoms with van der Waals surface area (Å²) >= 11 is 0. The minimum absolute atomic E-state index is 0.217. The van der Waals surface area contributed by atoms with Gasteiger partial charge in [-0.15, -0.1) is 18.7 Å². The van der Waals surface area contributed by atoms with E-state index in [1.807, 2.05) is 12.1 Å². The van der Waals surface area contributed by atoms with Gasteiger partial charge in [-0.3, -0.25) is 4.98 Å². The summed E-state index contributed by atoms with van der Waals surface area (Å²) in [7, 11) is 0. The molecule has 7 nitrogen and oxygen atoms in total. The molecule has 0 spiro atoms. The number of pyridine rings is 1. The Morgan fingerprint density at radius 3 is 2.52 bits per heavy atom. The van der Waals surface area contributed by atoms with Gasteiger partial charge in [0.15, 0.2) is 0 Å². The van der Waals surface area contributed by atoms with Crippen LogP contribution in [0.3, 0.4) is 0 Å². The second-order valence-corrected chi connectivity index (χ2v) is 7.74. The van der Waals surface area contributed by atoms with E-state index in [1.54, 1.807) is 23.5 Å². The molecular formula is C23H28F3N5O2. The molecule has 1 aliphatic rings. The minimum atomic E-state index is -4.74. The number of alkyl halides is 3. The van der Waals surface area contributed by atoms with Gasteiger partial charge in [0.05, 0.1) is 11.9 Å². The zero-order chi connectivity index (χ0) is 23.8. The topological polar surface area (TPSA) is 69.7 Å². The number of nitrogens with zero attached hydrogens (tertiary/aromatic N) is 3. The number of hydrazine groups is 2. The van der Waals surface area contributed by atoms with E-state index in [-0.39, 0.29) is 11.8 Å². The van der Waals surface area contributed by atoms with Crippen molar-refractivity contribution in [2.24, 2.45) is 5.92 Å². The molecule has 2 aromatic rings. The molecule has 0 aliphatic carbocycles. The summed E-state index contributed by atoms with van der Waals surface area (Å²) in [5, 5.41) is 1.35. The molecule has 178 valence electrons. The lowest BCUT2D eigenvalue weighted by Gasteiger charge is -2.29. The minimum Gasteiger partial charge on any atom is -0.406 e. The lowest BCUT2D eigenvalue weighted by atomic mass is 10.0. The van der Waals surface area contributed by atoms with Gasteiger partial charge in [-0.1, -0.05) is 32.8 Å². The number of hydrogen-bond acceptors (Lipinski definition) is 5. The van der Waals surface area contributed by atoms with Gasteiger partial charge in [-0.2, -0.15) is 0 Å². The summed E-state index contributed by atoms with van der Waals surface area (Å²) in [4.78, 5) is 19.2. The summed E-state index contributed by atoms with van der Waals surface area (Å²) in [6.07, 6.45) is 2.96. The molecule has 33 heavy (non-hydrogen) atoms. The molecule has 0 saturated carbocycles. The maximum Gasteiger partial charge on any atom is 0.573 e. The van der Waals surface area contributed by atoms with Gasteiger partial charge in [0.1, 0.15) is 5.75 Å². The summed E-state index contributed by atoms with van der Waals surface area (Å²) in [6.45, 7) is 5.37. The maximum absolute atomic E-state index is 13.3. The number of benzene rings is 1. The van der Waals surface area contributed by atoms with Crippen LogP contribution in [0.5, 0.6) is 5.75 Å². The van der Waals surface area contributed by atoms with Gasteiger partial charge in [-0.05, 0) is 48.2 Å². The average Bonchev–Trinajstić information content (AvgIpc) is 3.29. The number of nitrogens with one attached hydrogen (secondary N) is 2. The fourth-order valence-electron chi connectivity index (χ4n) is 3.49. The zero-order valence-electron chi connectivity index (χ0n) is 18.6. The number of hydrogen-bond donors (Lipinski definition) is 2. The van der Waals surface area contributed by atoms with E-state index in [2.05, 4.69) is 34.5 Å². The number of rotatable bonds is 9. The molecule has 0 saturated heterocycles. The fraction of sp³-hybridized carbons (Fsp3) is 0.391. The van der Waals surface area contributed by atoms with Gasteiger partial charge in [0, 0.05) is 31.0 Å². The zero-order valence-corrected chi connectivity index (χ0v) is 18.6. The predicted octanol–water partition coefficient (Wildman–Crippen LogP) is 4.70. The maximum atomic E-state index is 13.3. The fourth-order valence-corrected chi connectivity index (χ4v) is 3.49. The summed E-state index contributed by atoms with van der Waals surface area (Å²) < 4.78 is 41.0. The number of aromatic nitrogens is 1. The largest absolute Gasteiger partial charge is 0.573 e. The first kappa shape index (κ1) is 24.4. The summed E-state index contributed by atoms with van der Waals surface area (Å²) in [5.41, 5.74) is 7.92. The van der Waals surface area contributed by atoms with Crippen molar-refractivity contribution >= 4 is 11.7 Å². The highest BCUT2D eigenvalue weighted by Crippen LogP contribution is 2.25. The van der Waals surface area contributed by atoms with E-state index in [9.17, 15) is 18.0 Å². The van der Waals surface area contributed by atoms with Crippen LogP contribution in [0.1, 0.15) is 37.8 Å². The van der Waals surface area contributed by atoms with E-state index in [0.29, 0.717) is 36.7 Å².